The summed E-state index contributed by atoms with van der Waals surface area (Å²) in [6, 6.07) is 10.6. The van der Waals surface area contributed by atoms with Gasteiger partial charge in [0.15, 0.2) is 5.11 Å². The molecule has 0 atom stereocenters. The van der Waals surface area contributed by atoms with E-state index in [-0.39, 0.29) is 10.7 Å². The van der Waals surface area contributed by atoms with Crippen molar-refractivity contribution >= 4 is 40.5 Å². The second kappa shape index (κ2) is 8.44. The van der Waals surface area contributed by atoms with Gasteiger partial charge in [-0.25, -0.2) is 0 Å². The molecule has 12 heteroatoms. The molecular weight excluding hydrogens is 378 g/mol. The van der Waals surface area contributed by atoms with Crippen molar-refractivity contribution in [1.29, 1.82) is 0 Å². The lowest BCUT2D eigenvalue weighted by molar-refractivity contribution is -0.394. The van der Waals surface area contributed by atoms with Crippen LogP contribution in [-0.4, -0.2) is 26.8 Å². The number of hydrogen-bond donors (Lipinski definition) is 3. The first kappa shape index (κ1) is 19.4. The van der Waals surface area contributed by atoms with E-state index in [1.54, 1.807) is 30.3 Å². The van der Waals surface area contributed by atoms with Crippen LogP contribution in [0.3, 0.4) is 0 Å². The maximum absolute atomic E-state index is 12.1. The number of nitro groups is 2. The van der Waals surface area contributed by atoms with Crippen molar-refractivity contribution in [2.24, 2.45) is 0 Å². The summed E-state index contributed by atoms with van der Waals surface area (Å²) in [4.78, 5) is 44.0. The summed E-state index contributed by atoms with van der Waals surface area (Å²) in [5.41, 5.74) is 3.31. The number of rotatable bonds is 4. The molecule has 0 heterocycles. The molecule has 0 spiro atoms. The SMILES string of the molecule is O=C(NNC(=S)NC(=O)c1cc([N+](=O)[O-])cc([N+](=O)[O-])c1)c1ccccc1. The molecule has 0 aliphatic heterocycles. The first-order chi connectivity index (χ1) is 12.8. The highest BCUT2D eigenvalue weighted by molar-refractivity contribution is 7.80. The largest absolute Gasteiger partial charge is 0.298 e. The van der Waals surface area contributed by atoms with Gasteiger partial charge in [0.05, 0.1) is 21.5 Å². The monoisotopic (exact) mass is 389 g/mol. The number of carbonyl (C=O) groups is 2. The van der Waals surface area contributed by atoms with Crippen LogP contribution in [0.5, 0.6) is 0 Å². The fraction of sp³-hybridized carbons (Fsp3) is 0. The van der Waals surface area contributed by atoms with Gasteiger partial charge in [-0.1, -0.05) is 18.2 Å². The molecular formula is C15H11N5O6S. The highest BCUT2D eigenvalue weighted by Crippen LogP contribution is 2.22. The number of thiocarbonyl (C=S) groups is 1. The zero-order valence-electron chi connectivity index (χ0n) is 13.4. The third kappa shape index (κ3) is 5.27. The van der Waals surface area contributed by atoms with Gasteiger partial charge >= 0.3 is 0 Å². The Kier molecular flexibility index (Phi) is 6.06. The first-order valence-electron chi connectivity index (χ1n) is 7.18. The molecule has 138 valence electrons. The van der Waals surface area contributed by atoms with Crippen LogP contribution in [0.1, 0.15) is 20.7 Å². The molecule has 0 aromatic heterocycles. The van der Waals surface area contributed by atoms with Crippen molar-refractivity contribution in [2.45, 2.75) is 0 Å². The number of amides is 2. The van der Waals surface area contributed by atoms with Crippen LogP contribution >= 0.6 is 12.2 Å². The molecule has 0 unspecified atom stereocenters. The zero-order valence-corrected chi connectivity index (χ0v) is 14.2. The summed E-state index contributed by atoms with van der Waals surface area (Å²) >= 11 is 4.84. The van der Waals surface area contributed by atoms with E-state index in [0.29, 0.717) is 5.56 Å². The highest BCUT2D eigenvalue weighted by Gasteiger charge is 2.20. The van der Waals surface area contributed by atoms with Crippen molar-refractivity contribution in [3.05, 3.63) is 79.9 Å². The van der Waals surface area contributed by atoms with Crippen molar-refractivity contribution in [2.75, 3.05) is 0 Å². The van der Waals surface area contributed by atoms with E-state index in [1.807, 2.05) is 0 Å². The normalized spacial score (nSPS) is 9.78. The molecule has 2 amide bonds. The number of hydrogen-bond acceptors (Lipinski definition) is 7. The van der Waals surface area contributed by atoms with Crippen molar-refractivity contribution < 1.29 is 19.4 Å². The number of carbonyl (C=O) groups excluding carboxylic acids is 2. The van der Waals surface area contributed by atoms with Crippen LogP contribution in [0.2, 0.25) is 0 Å². The standard InChI is InChI=1S/C15H11N5O6S/c21-13(10-6-11(19(23)24)8-12(7-10)20(25)26)16-15(27)18-17-14(22)9-4-2-1-3-5-9/h1-8H,(H,17,22)(H2,16,18,21,27). The molecule has 3 N–H and O–H groups in total. The number of nitrogens with zero attached hydrogens (tertiary/aromatic N) is 2. The molecule has 0 aliphatic carbocycles. The Balaban J connectivity index is 2.04. The Bertz CT molecular complexity index is 901. The van der Waals surface area contributed by atoms with Crippen LogP contribution in [0.25, 0.3) is 0 Å². The van der Waals surface area contributed by atoms with Crippen LogP contribution in [0, 0.1) is 20.2 Å². The van der Waals surface area contributed by atoms with Crippen molar-refractivity contribution in [3.63, 3.8) is 0 Å². The minimum Gasteiger partial charge on any atom is -0.298 e. The van der Waals surface area contributed by atoms with E-state index in [1.165, 1.54) is 0 Å². The number of non-ortho nitro benzene ring substituents is 2. The summed E-state index contributed by atoms with van der Waals surface area (Å²) in [5, 5.41) is 23.6. The highest BCUT2D eigenvalue weighted by atomic mass is 32.1. The van der Waals surface area contributed by atoms with E-state index >= 15 is 0 Å². The van der Waals surface area contributed by atoms with Gasteiger partial charge in [0.1, 0.15) is 0 Å². The van der Waals surface area contributed by atoms with E-state index in [4.69, 9.17) is 12.2 Å². The quantitative estimate of drug-likeness (QED) is 0.403. The fourth-order valence-corrected chi connectivity index (χ4v) is 2.06. The Morgan fingerprint density at radius 2 is 1.37 bits per heavy atom. The number of benzene rings is 2. The van der Waals surface area contributed by atoms with E-state index in [9.17, 15) is 29.8 Å². The lowest BCUT2D eigenvalue weighted by Gasteiger charge is -2.10. The molecule has 2 aromatic carbocycles. The average molecular weight is 389 g/mol. The summed E-state index contributed by atoms with van der Waals surface area (Å²) in [5.74, 6) is -1.44. The molecule has 2 aromatic rings. The predicted octanol–water partition coefficient (Wildman–Crippen LogP) is 1.45. The molecule has 0 fully saturated rings. The Labute approximate surface area is 156 Å². The maximum atomic E-state index is 12.1. The molecule has 0 saturated heterocycles. The molecule has 0 bridgehead atoms. The summed E-state index contributed by atoms with van der Waals surface area (Å²) < 4.78 is 0. The Hall–Kier alpha value is -3.93. The molecule has 2 rings (SSSR count). The topological polar surface area (TPSA) is 157 Å². The van der Waals surface area contributed by atoms with Crippen molar-refractivity contribution in [3.8, 4) is 0 Å². The summed E-state index contributed by atoms with van der Waals surface area (Å²) in [6.45, 7) is 0. The van der Waals surface area contributed by atoms with Crippen molar-refractivity contribution in [1.82, 2.24) is 16.2 Å². The minimum absolute atomic E-state index is 0.307. The fourth-order valence-electron chi connectivity index (χ4n) is 1.92. The summed E-state index contributed by atoms with van der Waals surface area (Å²) in [6.07, 6.45) is 0. The van der Waals surface area contributed by atoms with Gasteiger partial charge in [0.25, 0.3) is 23.2 Å². The first-order valence-corrected chi connectivity index (χ1v) is 7.59. The Morgan fingerprint density at radius 3 is 1.89 bits per heavy atom. The smallest absolute Gasteiger partial charge is 0.277 e. The predicted molar refractivity (Wildman–Crippen MR) is 96.9 cm³/mol. The minimum atomic E-state index is -0.923. The van der Waals surface area contributed by atoms with Crippen LogP contribution in [0.15, 0.2) is 48.5 Å². The van der Waals surface area contributed by atoms with E-state index in [0.717, 1.165) is 18.2 Å². The van der Waals surface area contributed by atoms with E-state index in [2.05, 4.69) is 16.2 Å². The van der Waals surface area contributed by atoms with Crippen LogP contribution in [0.4, 0.5) is 11.4 Å². The lowest BCUT2D eigenvalue weighted by Crippen LogP contribution is -2.48. The Morgan fingerprint density at radius 1 is 0.815 bits per heavy atom. The lowest BCUT2D eigenvalue weighted by atomic mass is 10.1. The number of hydrazine groups is 1. The average Bonchev–Trinajstić information content (AvgIpc) is 2.66. The summed E-state index contributed by atoms with van der Waals surface area (Å²) in [7, 11) is 0. The molecule has 11 nitrogen and oxygen atoms in total. The number of nitrogens with one attached hydrogen (secondary N) is 3. The third-order valence-electron chi connectivity index (χ3n) is 3.14. The van der Waals surface area contributed by atoms with Gasteiger partial charge in [-0.3, -0.25) is 46.0 Å². The zero-order chi connectivity index (χ0) is 20.0. The maximum Gasteiger partial charge on any atom is 0.277 e. The second-order valence-electron chi connectivity index (χ2n) is 4.98. The van der Waals surface area contributed by atoms with Gasteiger partial charge in [0.2, 0.25) is 0 Å². The molecule has 27 heavy (non-hydrogen) atoms. The molecule has 0 saturated carbocycles. The van der Waals surface area contributed by atoms with Crippen LogP contribution in [-0.2, 0) is 0 Å². The second-order valence-corrected chi connectivity index (χ2v) is 5.39. The van der Waals surface area contributed by atoms with Gasteiger partial charge in [-0.2, -0.15) is 0 Å². The van der Waals surface area contributed by atoms with Gasteiger partial charge in [0, 0.05) is 17.7 Å². The molecule has 0 radical (unpaired) electrons. The van der Waals surface area contributed by atoms with E-state index < -0.39 is 33.0 Å². The molecule has 0 aliphatic rings. The van der Waals surface area contributed by atoms with Gasteiger partial charge in [-0.15, -0.1) is 0 Å². The van der Waals surface area contributed by atoms with Gasteiger partial charge in [-0.05, 0) is 24.4 Å². The van der Waals surface area contributed by atoms with Gasteiger partial charge < -0.3 is 0 Å². The third-order valence-corrected chi connectivity index (χ3v) is 3.34. The van der Waals surface area contributed by atoms with Crippen LogP contribution < -0.4 is 16.2 Å². The number of nitro benzene ring substituents is 2.